The van der Waals surface area contributed by atoms with Crippen molar-refractivity contribution in [2.75, 3.05) is 38.3 Å². The van der Waals surface area contributed by atoms with E-state index in [4.69, 9.17) is 16.3 Å². The molecule has 1 fully saturated rings. The zero-order valence-corrected chi connectivity index (χ0v) is 18.5. The summed E-state index contributed by atoms with van der Waals surface area (Å²) >= 11 is 5.93. The number of rotatable bonds is 5. The van der Waals surface area contributed by atoms with E-state index in [0.29, 0.717) is 61.3 Å². The summed E-state index contributed by atoms with van der Waals surface area (Å²) in [4.78, 5) is 29.3. The lowest BCUT2D eigenvalue weighted by molar-refractivity contribution is -0.126. The average Bonchev–Trinajstić information content (AvgIpc) is 2.80. The maximum absolute atomic E-state index is 13.6. The van der Waals surface area contributed by atoms with Gasteiger partial charge in [-0.2, -0.15) is 5.10 Å². The molecule has 168 valence electrons. The molecule has 0 aromatic heterocycles. The molecule has 7 nitrogen and oxygen atoms in total. The van der Waals surface area contributed by atoms with Crippen LogP contribution in [0.4, 0.5) is 10.1 Å². The van der Waals surface area contributed by atoms with Crippen molar-refractivity contribution in [1.29, 1.82) is 0 Å². The number of methoxy groups -OCH3 is 1. The molecule has 0 unspecified atom stereocenters. The van der Waals surface area contributed by atoms with Crippen LogP contribution in [0.5, 0.6) is 5.75 Å². The van der Waals surface area contributed by atoms with Crippen molar-refractivity contribution < 1.29 is 18.7 Å². The molecule has 0 aliphatic carbocycles. The zero-order valence-electron chi connectivity index (χ0n) is 17.8. The number of anilines is 1. The van der Waals surface area contributed by atoms with E-state index in [1.165, 1.54) is 17.1 Å². The minimum absolute atomic E-state index is 0.153. The molecule has 0 radical (unpaired) electrons. The largest absolute Gasteiger partial charge is 0.496 e. The summed E-state index contributed by atoms with van der Waals surface area (Å²) in [5.41, 5.74) is 1.74. The van der Waals surface area contributed by atoms with Gasteiger partial charge < -0.3 is 9.64 Å². The molecular formula is C23H24ClFN4O3. The number of benzene rings is 2. The Balaban J connectivity index is 1.40. The SMILES string of the molecule is COc1ccc(F)cc1CN1CCN(C(=O)C2=NN(c3ccc(Cl)cc3)C(=O)CC2)CC1. The number of hydrogen-bond donors (Lipinski definition) is 0. The summed E-state index contributed by atoms with van der Waals surface area (Å²) in [5.74, 6) is 0.0373. The Morgan fingerprint density at radius 1 is 1.09 bits per heavy atom. The number of carbonyl (C=O) groups excluding carboxylic acids is 2. The van der Waals surface area contributed by atoms with Crippen LogP contribution in [-0.2, 0) is 16.1 Å². The molecule has 9 heteroatoms. The molecule has 2 aromatic carbocycles. The Hall–Kier alpha value is -2.97. The van der Waals surface area contributed by atoms with E-state index < -0.39 is 0 Å². The summed E-state index contributed by atoms with van der Waals surface area (Å²) in [6, 6.07) is 11.3. The standard InChI is InChI=1S/C23H24ClFN4O3/c1-32-21-8-4-18(25)14-16(21)15-27-10-12-28(13-11-27)23(31)20-7-9-22(30)29(26-20)19-5-2-17(24)3-6-19/h2-6,8,14H,7,9-13,15H2,1H3. The lowest BCUT2D eigenvalue weighted by atomic mass is 10.1. The Morgan fingerprint density at radius 2 is 1.81 bits per heavy atom. The van der Waals surface area contributed by atoms with Gasteiger partial charge in [-0.25, -0.2) is 9.40 Å². The highest BCUT2D eigenvalue weighted by atomic mass is 35.5. The van der Waals surface area contributed by atoms with Gasteiger partial charge in [-0.1, -0.05) is 11.6 Å². The first-order valence-electron chi connectivity index (χ1n) is 10.4. The van der Waals surface area contributed by atoms with Gasteiger partial charge in [-0.3, -0.25) is 14.5 Å². The van der Waals surface area contributed by atoms with Crippen LogP contribution in [0.15, 0.2) is 47.6 Å². The van der Waals surface area contributed by atoms with Gasteiger partial charge in [0.1, 0.15) is 17.3 Å². The van der Waals surface area contributed by atoms with Gasteiger partial charge in [0, 0.05) is 56.2 Å². The highest BCUT2D eigenvalue weighted by Crippen LogP contribution is 2.24. The summed E-state index contributed by atoms with van der Waals surface area (Å²) < 4.78 is 19.0. The van der Waals surface area contributed by atoms with E-state index in [2.05, 4.69) is 10.0 Å². The van der Waals surface area contributed by atoms with Crippen LogP contribution >= 0.6 is 11.6 Å². The van der Waals surface area contributed by atoms with Crippen LogP contribution in [0.2, 0.25) is 5.02 Å². The molecule has 4 rings (SSSR count). The lowest BCUT2D eigenvalue weighted by Crippen LogP contribution is -2.51. The van der Waals surface area contributed by atoms with Gasteiger partial charge in [0.25, 0.3) is 5.91 Å². The molecule has 2 aliphatic heterocycles. The molecule has 2 aliphatic rings. The maximum atomic E-state index is 13.6. The molecule has 0 atom stereocenters. The maximum Gasteiger partial charge on any atom is 0.270 e. The molecule has 32 heavy (non-hydrogen) atoms. The van der Waals surface area contributed by atoms with Crippen LogP contribution in [0, 0.1) is 5.82 Å². The summed E-state index contributed by atoms with van der Waals surface area (Å²) in [5, 5.41) is 6.19. The zero-order chi connectivity index (χ0) is 22.7. The first-order valence-corrected chi connectivity index (χ1v) is 10.8. The molecule has 1 saturated heterocycles. The molecule has 2 heterocycles. The lowest BCUT2D eigenvalue weighted by Gasteiger charge is -2.35. The Kier molecular flexibility index (Phi) is 6.72. The van der Waals surface area contributed by atoms with Gasteiger partial charge in [-0.05, 0) is 42.5 Å². The second kappa shape index (κ2) is 9.67. The molecule has 2 aromatic rings. The highest BCUT2D eigenvalue weighted by molar-refractivity contribution is 6.40. The van der Waals surface area contributed by atoms with Crippen molar-refractivity contribution >= 4 is 34.8 Å². The number of carbonyl (C=O) groups is 2. The van der Waals surface area contributed by atoms with Gasteiger partial charge >= 0.3 is 0 Å². The van der Waals surface area contributed by atoms with E-state index in [9.17, 15) is 14.0 Å². The second-order valence-corrected chi connectivity index (χ2v) is 8.19. The fraction of sp³-hybridized carbons (Fsp3) is 0.348. The van der Waals surface area contributed by atoms with Crippen LogP contribution in [0.1, 0.15) is 18.4 Å². The molecule has 2 amide bonds. The molecule has 0 bridgehead atoms. The van der Waals surface area contributed by atoms with Crippen molar-refractivity contribution in [3.05, 3.63) is 58.9 Å². The minimum atomic E-state index is -0.301. The van der Waals surface area contributed by atoms with Gasteiger partial charge in [0.15, 0.2) is 0 Å². The van der Waals surface area contributed by atoms with Crippen molar-refractivity contribution in [3.8, 4) is 5.75 Å². The number of amides is 2. The molecular weight excluding hydrogens is 435 g/mol. The van der Waals surface area contributed by atoms with Gasteiger partial charge in [0.05, 0.1) is 12.8 Å². The minimum Gasteiger partial charge on any atom is -0.496 e. The molecule has 0 N–H and O–H groups in total. The Labute approximate surface area is 191 Å². The highest BCUT2D eigenvalue weighted by Gasteiger charge is 2.30. The normalized spacial score (nSPS) is 17.3. The Bertz CT molecular complexity index is 1040. The average molecular weight is 459 g/mol. The first-order chi connectivity index (χ1) is 15.4. The number of hydrazone groups is 1. The number of piperazine rings is 1. The quantitative estimate of drug-likeness (QED) is 0.689. The summed E-state index contributed by atoms with van der Waals surface area (Å²) in [6.45, 7) is 2.91. The van der Waals surface area contributed by atoms with Crippen LogP contribution in [-0.4, -0.2) is 60.6 Å². The van der Waals surface area contributed by atoms with Gasteiger partial charge in [0.2, 0.25) is 5.91 Å². The van der Waals surface area contributed by atoms with E-state index in [-0.39, 0.29) is 24.1 Å². The predicted octanol–water partition coefficient (Wildman–Crippen LogP) is 3.31. The third-order valence-electron chi connectivity index (χ3n) is 5.65. The van der Waals surface area contributed by atoms with Crippen molar-refractivity contribution in [3.63, 3.8) is 0 Å². The second-order valence-electron chi connectivity index (χ2n) is 7.75. The monoisotopic (exact) mass is 458 g/mol. The van der Waals surface area contributed by atoms with Crippen molar-refractivity contribution in [2.24, 2.45) is 5.10 Å². The third kappa shape index (κ3) is 4.92. The molecule has 0 saturated carbocycles. The Morgan fingerprint density at radius 3 is 2.50 bits per heavy atom. The summed E-state index contributed by atoms with van der Waals surface area (Å²) in [7, 11) is 1.57. The fourth-order valence-corrected chi connectivity index (χ4v) is 4.02. The first kappa shape index (κ1) is 22.2. The van der Waals surface area contributed by atoms with Crippen LogP contribution in [0.3, 0.4) is 0 Å². The van der Waals surface area contributed by atoms with Crippen molar-refractivity contribution in [1.82, 2.24) is 9.80 Å². The summed E-state index contributed by atoms with van der Waals surface area (Å²) in [6.07, 6.45) is 0.551. The van der Waals surface area contributed by atoms with Crippen LogP contribution in [0.25, 0.3) is 0 Å². The third-order valence-corrected chi connectivity index (χ3v) is 5.90. The number of nitrogens with zero attached hydrogens (tertiary/aromatic N) is 4. The van der Waals surface area contributed by atoms with E-state index in [0.717, 1.165) is 5.56 Å². The number of ether oxygens (including phenoxy) is 1. The number of hydrogen-bond acceptors (Lipinski definition) is 5. The topological polar surface area (TPSA) is 65.5 Å². The van der Waals surface area contributed by atoms with E-state index in [1.807, 2.05) is 0 Å². The smallest absolute Gasteiger partial charge is 0.270 e. The number of halogens is 2. The van der Waals surface area contributed by atoms with Gasteiger partial charge in [-0.15, -0.1) is 0 Å². The molecule has 0 spiro atoms. The fourth-order valence-electron chi connectivity index (χ4n) is 3.89. The van der Waals surface area contributed by atoms with Crippen LogP contribution < -0.4 is 9.75 Å². The predicted molar refractivity (Wildman–Crippen MR) is 120 cm³/mol. The van der Waals surface area contributed by atoms with E-state index >= 15 is 0 Å². The van der Waals surface area contributed by atoms with E-state index in [1.54, 1.807) is 42.3 Å². The van der Waals surface area contributed by atoms with Crippen molar-refractivity contribution in [2.45, 2.75) is 19.4 Å².